The molecule has 2 fully saturated rings. The monoisotopic (exact) mass is 801 g/mol. The molecule has 2 atom stereocenters. The molecule has 7 aromatic rings. The molecule has 0 saturated heterocycles. The van der Waals surface area contributed by atoms with Gasteiger partial charge >= 0.3 is 0 Å². The van der Waals surface area contributed by atoms with E-state index in [0.29, 0.717) is 5.92 Å². The molecule has 2 aliphatic carbocycles. The fourth-order valence-electron chi connectivity index (χ4n) is 6.18. The zero-order valence-electron chi connectivity index (χ0n) is 29.6. The van der Waals surface area contributed by atoms with Crippen molar-refractivity contribution >= 4 is 76.9 Å². The molecule has 6 heterocycles. The summed E-state index contributed by atoms with van der Waals surface area (Å²) < 4.78 is 3.19. The van der Waals surface area contributed by atoms with Gasteiger partial charge in [0.2, 0.25) is 0 Å². The number of imidazole rings is 1. The van der Waals surface area contributed by atoms with E-state index in [4.69, 9.17) is 0 Å². The molecule has 0 spiro atoms. The Hall–Kier alpha value is -4.78. The maximum Gasteiger partial charge on any atom is 0.138 e. The fourth-order valence-corrected chi connectivity index (χ4v) is 7.91. The van der Waals surface area contributed by atoms with Gasteiger partial charge < -0.3 is 15.2 Å². The first-order valence-electron chi connectivity index (χ1n) is 18.0. The van der Waals surface area contributed by atoms with Crippen molar-refractivity contribution in [1.82, 2.24) is 29.5 Å². The number of halogens is 1. The Labute approximate surface area is 325 Å². The third-order valence-electron chi connectivity index (χ3n) is 9.56. The molecule has 53 heavy (non-hydrogen) atoms. The smallest absolute Gasteiger partial charge is 0.138 e. The largest absolute Gasteiger partial charge is 0.363 e. The highest BCUT2D eigenvalue weighted by Crippen LogP contribution is 2.39. The molecule has 0 unspecified atom stereocenters. The fraction of sp³-hybridized carbons (Fsp3) is 0.268. The van der Waals surface area contributed by atoms with E-state index < -0.39 is 0 Å². The van der Waals surface area contributed by atoms with Gasteiger partial charge in [0, 0.05) is 58.6 Å². The van der Waals surface area contributed by atoms with Crippen molar-refractivity contribution in [3.8, 4) is 5.69 Å². The molecule has 1 aliphatic heterocycles. The Morgan fingerprint density at radius 3 is 1.79 bits per heavy atom. The molecule has 9 nitrogen and oxygen atoms in total. The number of aliphatic imine (C=N–C) groups is 1. The van der Waals surface area contributed by atoms with Crippen LogP contribution in [0.4, 0.5) is 11.6 Å². The van der Waals surface area contributed by atoms with E-state index in [1.807, 2.05) is 35.4 Å². The summed E-state index contributed by atoms with van der Waals surface area (Å²) in [5, 5.41) is 13.2. The summed E-state index contributed by atoms with van der Waals surface area (Å²) in [5.41, 5.74) is 6.16. The Morgan fingerprint density at radius 1 is 0.698 bits per heavy atom. The van der Waals surface area contributed by atoms with Gasteiger partial charge in [0.1, 0.15) is 34.0 Å². The number of aromatic nitrogens is 6. The van der Waals surface area contributed by atoms with E-state index >= 15 is 0 Å². The lowest BCUT2D eigenvalue weighted by atomic mass is 10.1. The molecule has 0 amide bonds. The summed E-state index contributed by atoms with van der Waals surface area (Å²) in [7, 11) is 0. The van der Waals surface area contributed by atoms with Crippen molar-refractivity contribution in [3.63, 3.8) is 0 Å². The molecule has 5 aromatic heterocycles. The maximum absolute atomic E-state index is 4.53. The predicted molar refractivity (Wildman–Crippen MR) is 223 cm³/mol. The van der Waals surface area contributed by atoms with Crippen molar-refractivity contribution < 1.29 is 0 Å². The number of allylic oxidation sites excluding steroid dienone is 2. The number of rotatable bonds is 9. The van der Waals surface area contributed by atoms with Crippen molar-refractivity contribution in [2.75, 3.05) is 10.6 Å². The summed E-state index contributed by atoms with van der Waals surface area (Å²) in [6.45, 7) is 4.28. The molecule has 268 valence electrons. The highest BCUT2D eigenvalue weighted by molar-refractivity contribution is 9.10. The van der Waals surface area contributed by atoms with Crippen molar-refractivity contribution in [3.05, 3.63) is 130 Å². The number of hydrogen-bond donors (Lipinski definition) is 2. The highest BCUT2D eigenvalue weighted by atomic mass is 79.9. The van der Waals surface area contributed by atoms with Crippen molar-refractivity contribution in [2.45, 2.75) is 64.0 Å². The lowest BCUT2D eigenvalue weighted by Gasteiger charge is -2.16. The Kier molecular flexibility index (Phi) is 10.7. The van der Waals surface area contributed by atoms with Crippen LogP contribution in [-0.2, 0) is 0 Å². The molecule has 3 aliphatic rings. The lowest BCUT2D eigenvalue weighted by molar-refractivity contribution is 0.874. The normalized spacial score (nSPS) is 15.9. The second-order valence-electron chi connectivity index (χ2n) is 13.5. The first-order chi connectivity index (χ1) is 26.0. The Balaban J connectivity index is 0.000000129. The molecule has 12 heteroatoms. The average Bonchev–Trinajstić information content (AvgIpc) is 3.89. The van der Waals surface area contributed by atoms with Gasteiger partial charge in [-0.3, -0.25) is 4.99 Å². The molecule has 2 N–H and O–H groups in total. The van der Waals surface area contributed by atoms with Crippen molar-refractivity contribution in [2.24, 2.45) is 10.9 Å². The predicted octanol–water partition coefficient (Wildman–Crippen LogP) is 11.3. The zero-order valence-corrected chi connectivity index (χ0v) is 32.8. The minimum atomic E-state index is 0.159. The van der Waals surface area contributed by atoms with Gasteiger partial charge in [-0.15, -0.1) is 22.7 Å². The number of anilines is 2. The highest BCUT2D eigenvalue weighted by Gasteiger charge is 2.26. The molecule has 10 rings (SSSR count). The Bertz CT molecular complexity index is 2350. The molecule has 2 saturated carbocycles. The summed E-state index contributed by atoms with van der Waals surface area (Å²) in [6, 6.07) is 21.4. The quantitative estimate of drug-likeness (QED) is 0.150. The molecule has 2 aromatic carbocycles. The van der Waals surface area contributed by atoms with Crippen LogP contribution in [0.25, 0.3) is 26.1 Å². The van der Waals surface area contributed by atoms with Crippen LogP contribution in [0.2, 0.25) is 0 Å². The van der Waals surface area contributed by atoms with Crippen LogP contribution in [-0.4, -0.2) is 35.7 Å². The zero-order chi connectivity index (χ0) is 36.1. The van der Waals surface area contributed by atoms with Gasteiger partial charge in [-0.1, -0.05) is 46.3 Å². The van der Waals surface area contributed by atoms with Crippen LogP contribution in [0, 0.1) is 5.92 Å². The van der Waals surface area contributed by atoms with Crippen LogP contribution in [0.5, 0.6) is 0 Å². The van der Waals surface area contributed by atoms with E-state index in [-0.39, 0.29) is 12.1 Å². The number of nitrogens with zero attached hydrogens (tertiary/aromatic N) is 7. The second-order valence-corrected chi connectivity index (χ2v) is 16.2. The third kappa shape index (κ3) is 8.72. The maximum atomic E-state index is 4.53. The topological polar surface area (TPSA) is 106 Å². The van der Waals surface area contributed by atoms with E-state index in [1.54, 1.807) is 35.3 Å². The molecule has 0 bridgehead atoms. The molecule has 0 radical (unpaired) electrons. The van der Waals surface area contributed by atoms with E-state index in [9.17, 15) is 0 Å². The van der Waals surface area contributed by atoms with Crippen LogP contribution >= 0.6 is 38.6 Å². The first-order valence-corrected chi connectivity index (χ1v) is 20.6. The summed E-state index contributed by atoms with van der Waals surface area (Å²) >= 11 is 6.71. The second kappa shape index (κ2) is 16.1. The van der Waals surface area contributed by atoms with Gasteiger partial charge in [-0.05, 0) is 97.8 Å². The van der Waals surface area contributed by atoms with Gasteiger partial charge in [0.25, 0.3) is 0 Å². The summed E-state index contributed by atoms with van der Waals surface area (Å²) in [4.78, 5) is 28.1. The van der Waals surface area contributed by atoms with Gasteiger partial charge in [0.15, 0.2) is 0 Å². The number of nitrogens with one attached hydrogen (secondary N) is 2. The minimum absolute atomic E-state index is 0.159. The molecular weight excluding hydrogens is 763 g/mol. The van der Waals surface area contributed by atoms with Crippen LogP contribution in [0.15, 0.2) is 118 Å². The number of fused-ring (bicyclic) bond motifs is 2. The van der Waals surface area contributed by atoms with Crippen LogP contribution in [0.3, 0.4) is 0 Å². The number of thiophene rings is 2. The lowest BCUT2D eigenvalue weighted by Crippen LogP contribution is -2.08. The van der Waals surface area contributed by atoms with Crippen LogP contribution < -0.4 is 10.6 Å². The summed E-state index contributed by atoms with van der Waals surface area (Å²) in [6.07, 6.45) is 17.9. The molecular formula is C41H40BrN9S2. The number of benzene rings is 2. The van der Waals surface area contributed by atoms with E-state index in [1.165, 1.54) is 48.2 Å². The first kappa shape index (κ1) is 35.3. The minimum Gasteiger partial charge on any atom is -0.363 e. The van der Waals surface area contributed by atoms with E-state index in [0.717, 1.165) is 54.6 Å². The van der Waals surface area contributed by atoms with Crippen LogP contribution in [0.1, 0.15) is 80.8 Å². The van der Waals surface area contributed by atoms with Gasteiger partial charge in [-0.2, -0.15) is 0 Å². The SMILES string of the molecule is C1=NC(C2CC2)=CC1.C[C@H](Nc1ncnc2sccc12)c1ccc(-n2cnc(C3CC3)c2)cc1.C[C@H](Nc1ncnc2sccc12)c1ccc(Br)cc1. The Morgan fingerprint density at radius 2 is 1.26 bits per heavy atom. The average molecular weight is 803 g/mol. The van der Waals surface area contributed by atoms with Gasteiger partial charge in [0.05, 0.1) is 22.8 Å². The van der Waals surface area contributed by atoms with Crippen molar-refractivity contribution in [1.29, 1.82) is 0 Å². The third-order valence-corrected chi connectivity index (χ3v) is 11.7. The standard InChI is InChI=1S/C20H19N5S.C14H12BrN3S.C7H9N/c1-13(24-19-17-8-9-26-20(17)22-11-21-19)14-4-6-16(7-5-14)25-10-18(23-12-25)15-2-3-15;1-9(10-2-4-11(15)5-3-10)18-13-12-6-7-19-14(12)17-8-16-13;1-2-7(8-5-1)6-3-4-6/h4-13,15H,2-3H2,1H3,(H,21,22,24);2-9H,1H3,(H,16,17,18);2,5-6H,1,3-4H2/t13-;9-;/m00./s1. The number of hydrogen-bond acceptors (Lipinski definition) is 10. The van der Waals surface area contributed by atoms with E-state index in [2.05, 4.69) is 136 Å². The summed E-state index contributed by atoms with van der Waals surface area (Å²) in [5.74, 6) is 3.31. The van der Waals surface area contributed by atoms with Gasteiger partial charge in [-0.25, -0.2) is 24.9 Å².